The van der Waals surface area contributed by atoms with Crippen molar-refractivity contribution < 1.29 is 9.53 Å². The average Bonchev–Trinajstić information content (AvgIpc) is 3.02. The number of hydrogen-bond acceptors (Lipinski definition) is 6. The summed E-state index contributed by atoms with van der Waals surface area (Å²) in [6.45, 7) is 5.32. The number of thiocarbonyl (C=S) groups is 1. The third kappa shape index (κ3) is 4.07. The maximum Gasteiger partial charge on any atom is 0.310 e. The molecule has 4 N–H and O–H groups in total. The predicted octanol–water partition coefficient (Wildman–Crippen LogP) is 1.97. The van der Waals surface area contributed by atoms with Crippen molar-refractivity contribution in [2.75, 3.05) is 18.4 Å². The van der Waals surface area contributed by atoms with Crippen LogP contribution in [-0.4, -0.2) is 29.2 Å². The number of aromatic nitrogens is 1. The first kappa shape index (κ1) is 17.0. The van der Waals surface area contributed by atoms with Crippen LogP contribution in [0.15, 0.2) is 5.38 Å². The molecule has 22 heavy (non-hydrogen) atoms. The first-order valence-electron chi connectivity index (χ1n) is 7.40. The van der Waals surface area contributed by atoms with Crippen LogP contribution in [0.3, 0.4) is 0 Å². The van der Waals surface area contributed by atoms with Crippen LogP contribution in [0.2, 0.25) is 0 Å². The summed E-state index contributed by atoms with van der Waals surface area (Å²) in [4.78, 5) is 16.5. The molecule has 0 aromatic carbocycles. The Morgan fingerprint density at radius 1 is 1.64 bits per heavy atom. The van der Waals surface area contributed by atoms with Crippen LogP contribution < -0.4 is 16.4 Å². The van der Waals surface area contributed by atoms with Crippen LogP contribution in [0.4, 0.5) is 5.13 Å². The minimum Gasteiger partial charge on any atom is -0.453 e. The standard InChI is InChI=1S/C14H22N4O2S2/c1-3-4-9-7-14(2,20-11(9)19)10-8-22-13(18-10)17-6-5-16-12(15)21/h8-9H,3-7H2,1-2H3,(H,17,18)(H3,15,16,21). The lowest BCUT2D eigenvalue weighted by Crippen LogP contribution is -2.32. The fourth-order valence-electron chi connectivity index (χ4n) is 2.58. The molecular formula is C14H22N4O2S2. The first-order valence-corrected chi connectivity index (χ1v) is 8.69. The van der Waals surface area contributed by atoms with E-state index in [2.05, 4.69) is 22.5 Å². The van der Waals surface area contributed by atoms with Crippen molar-refractivity contribution in [3.63, 3.8) is 0 Å². The van der Waals surface area contributed by atoms with Crippen LogP contribution in [0.25, 0.3) is 0 Å². The van der Waals surface area contributed by atoms with Crippen molar-refractivity contribution in [2.45, 2.75) is 38.7 Å². The van der Waals surface area contributed by atoms with Gasteiger partial charge in [-0.25, -0.2) is 4.98 Å². The van der Waals surface area contributed by atoms with Gasteiger partial charge in [0.1, 0.15) is 0 Å². The molecule has 8 heteroatoms. The Labute approximate surface area is 139 Å². The largest absolute Gasteiger partial charge is 0.453 e. The van der Waals surface area contributed by atoms with Gasteiger partial charge in [-0.05, 0) is 25.6 Å². The lowest BCUT2D eigenvalue weighted by molar-refractivity contribution is -0.150. The number of thiazole rings is 1. The van der Waals surface area contributed by atoms with Gasteiger partial charge in [-0.2, -0.15) is 0 Å². The van der Waals surface area contributed by atoms with E-state index < -0.39 is 5.60 Å². The summed E-state index contributed by atoms with van der Waals surface area (Å²) in [6.07, 6.45) is 2.55. The fraction of sp³-hybridized carbons (Fsp3) is 0.643. The highest BCUT2D eigenvalue weighted by Crippen LogP contribution is 2.41. The van der Waals surface area contributed by atoms with E-state index in [0.29, 0.717) is 19.5 Å². The van der Waals surface area contributed by atoms with Crippen molar-refractivity contribution in [3.05, 3.63) is 11.1 Å². The van der Waals surface area contributed by atoms with E-state index in [4.69, 9.17) is 22.7 Å². The van der Waals surface area contributed by atoms with Crippen LogP contribution in [-0.2, 0) is 15.1 Å². The second-order valence-electron chi connectivity index (χ2n) is 5.60. The Bertz CT molecular complexity index is 549. The molecule has 0 amide bonds. The Kier molecular flexibility index (Phi) is 5.57. The molecule has 1 fully saturated rings. The van der Waals surface area contributed by atoms with Crippen LogP contribution in [0.1, 0.15) is 38.8 Å². The number of carbonyl (C=O) groups excluding carboxylic acids is 1. The van der Waals surface area contributed by atoms with E-state index in [1.807, 2.05) is 12.3 Å². The molecule has 1 saturated heterocycles. The first-order chi connectivity index (χ1) is 10.4. The number of carbonyl (C=O) groups is 1. The topological polar surface area (TPSA) is 89.3 Å². The molecule has 1 aromatic rings. The maximum absolute atomic E-state index is 11.9. The molecule has 6 nitrogen and oxygen atoms in total. The number of nitrogens with zero attached hydrogens (tertiary/aromatic N) is 1. The summed E-state index contributed by atoms with van der Waals surface area (Å²) < 4.78 is 5.60. The van der Waals surface area contributed by atoms with Crippen molar-refractivity contribution in [1.82, 2.24) is 10.3 Å². The second-order valence-corrected chi connectivity index (χ2v) is 6.90. The van der Waals surface area contributed by atoms with Gasteiger partial charge in [0.15, 0.2) is 15.8 Å². The number of nitrogens with one attached hydrogen (secondary N) is 2. The van der Waals surface area contributed by atoms with Crippen LogP contribution >= 0.6 is 23.6 Å². The molecule has 1 aliphatic heterocycles. The summed E-state index contributed by atoms with van der Waals surface area (Å²) in [5.41, 5.74) is 5.57. The third-order valence-corrected chi connectivity index (χ3v) is 4.62. The fourth-order valence-corrected chi connectivity index (χ4v) is 3.54. The Morgan fingerprint density at radius 2 is 2.41 bits per heavy atom. The summed E-state index contributed by atoms with van der Waals surface area (Å²) in [5, 5.41) is 9.10. The molecule has 0 saturated carbocycles. The molecule has 1 aliphatic rings. The van der Waals surface area contributed by atoms with E-state index in [1.165, 1.54) is 11.3 Å². The molecule has 2 heterocycles. The summed E-state index contributed by atoms with van der Waals surface area (Å²) in [6, 6.07) is 0. The Balaban J connectivity index is 1.93. The zero-order valence-corrected chi connectivity index (χ0v) is 14.5. The normalized spacial score (nSPS) is 24.1. The zero-order chi connectivity index (χ0) is 16.2. The van der Waals surface area contributed by atoms with Gasteiger partial charge in [0.05, 0.1) is 11.6 Å². The average molecular weight is 342 g/mol. The van der Waals surface area contributed by atoms with Crippen molar-refractivity contribution >= 4 is 39.8 Å². The molecule has 1 aromatic heterocycles. The SMILES string of the molecule is CCCC1CC(C)(c2csc(NCCNC(N)=S)n2)OC1=O. The number of esters is 1. The minimum absolute atomic E-state index is 0.0112. The van der Waals surface area contributed by atoms with Gasteiger partial charge < -0.3 is 21.1 Å². The molecule has 0 aliphatic carbocycles. The lowest BCUT2D eigenvalue weighted by atomic mass is 9.91. The van der Waals surface area contributed by atoms with Crippen molar-refractivity contribution in [3.8, 4) is 0 Å². The summed E-state index contributed by atoms with van der Waals surface area (Å²) in [7, 11) is 0. The van der Waals surface area contributed by atoms with Gasteiger partial charge in [0.25, 0.3) is 0 Å². The third-order valence-electron chi connectivity index (χ3n) is 3.68. The molecule has 0 spiro atoms. The zero-order valence-electron chi connectivity index (χ0n) is 12.8. The predicted molar refractivity (Wildman–Crippen MR) is 91.9 cm³/mol. The van der Waals surface area contributed by atoms with E-state index in [1.54, 1.807) is 0 Å². The monoisotopic (exact) mass is 342 g/mol. The van der Waals surface area contributed by atoms with Crippen molar-refractivity contribution in [2.24, 2.45) is 11.7 Å². The van der Waals surface area contributed by atoms with Gasteiger partial charge >= 0.3 is 5.97 Å². The molecule has 0 bridgehead atoms. The number of rotatable bonds is 7. The molecule has 122 valence electrons. The highest BCUT2D eigenvalue weighted by atomic mass is 32.1. The molecular weight excluding hydrogens is 320 g/mol. The van der Waals surface area contributed by atoms with Crippen LogP contribution in [0.5, 0.6) is 0 Å². The highest BCUT2D eigenvalue weighted by Gasteiger charge is 2.45. The van der Waals surface area contributed by atoms with Gasteiger partial charge in [-0.1, -0.05) is 13.3 Å². The van der Waals surface area contributed by atoms with Gasteiger partial charge in [0, 0.05) is 24.9 Å². The molecule has 2 rings (SSSR count). The highest BCUT2D eigenvalue weighted by molar-refractivity contribution is 7.80. The maximum atomic E-state index is 11.9. The Hall–Kier alpha value is -1.41. The van der Waals surface area contributed by atoms with Gasteiger partial charge in [-0.15, -0.1) is 11.3 Å². The van der Waals surface area contributed by atoms with Crippen LogP contribution in [0, 0.1) is 5.92 Å². The minimum atomic E-state index is -0.607. The van der Waals surface area contributed by atoms with E-state index >= 15 is 0 Å². The summed E-state index contributed by atoms with van der Waals surface area (Å²) in [5.74, 6) is -0.115. The molecule has 0 radical (unpaired) electrons. The number of ether oxygens (including phenoxy) is 1. The number of hydrogen-bond donors (Lipinski definition) is 3. The number of cyclic esters (lactones) is 1. The van der Waals surface area contributed by atoms with E-state index in [9.17, 15) is 4.79 Å². The van der Waals surface area contributed by atoms with Crippen molar-refractivity contribution in [1.29, 1.82) is 0 Å². The van der Waals surface area contributed by atoms with Gasteiger partial charge in [0.2, 0.25) is 0 Å². The van der Waals surface area contributed by atoms with Gasteiger partial charge in [-0.3, -0.25) is 4.79 Å². The quantitative estimate of drug-likeness (QED) is 0.396. The van der Waals surface area contributed by atoms with E-state index in [-0.39, 0.29) is 17.0 Å². The lowest BCUT2D eigenvalue weighted by Gasteiger charge is -2.19. The Morgan fingerprint density at radius 3 is 3.09 bits per heavy atom. The summed E-state index contributed by atoms with van der Waals surface area (Å²) >= 11 is 6.24. The molecule has 2 atom stereocenters. The van der Waals surface area contributed by atoms with E-state index in [0.717, 1.165) is 23.7 Å². The number of anilines is 1. The second kappa shape index (κ2) is 7.23. The smallest absolute Gasteiger partial charge is 0.310 e. The molecule has 2 unspecified atom stereocenters. The number of nitrogens with two attached hydrogens (primary N) is 1.